The number of ketones is 1. The molecule has 0 atom stereocenters. The highest BCUT2D eigenvalue weighted by atomic mass is 16.1. The standard InChI is InChI=1S/C6H11NO/c7-4-3-6(8)5-1-2-5/h5H,1-4,7H2. The van der Waals surface area contributed by atoms with E-state index >= 15 is 0 Å². The zero-order valence-electron chi connectivity index (χ0n) is 4.89. The Bertz CT molecular complexity index is 96.7. The first kappa shape index (κ1) is 5.76. The molecule has 0 spiro atoms. The van der Waals surface area contributed by atoms with Gasteiger partial charge in [0.25, 0.3) is 0 Å². The van der Waals surface area contributed by atoms with Gasteiger partial charge in [0.1, 0.15) is 5.78 Å². The van der Waals surface area contributed by atoms with Crippen LogP contribution in [0.2, 0.25) is 0 Å². The van der Waals surface area contributed by atoms with Crippen LogP contribution in [0.4, 0.5) is 0 Å². The van der Waals surface area contributed by atoms with Crippen LogP contribution in [0.3, 0.4) is 0 Å². The largest absolute Gasteiger partial charge is 0.330 e. The molecule has 0 aromatic heterocycles. The first-order valence-electron chi connectivity index (χ1n) is 3.07. The fourth-order valence-corrected chi connectivity index (χ4v) is 0.752. The Kier molecular flexibility index (Phi) is 1.63. The maximum absolute atomic E-state index is 10.7. The molecular weight excluding hydrogens is 102 g/mol. The van der Waals surface area contributed by atoms with Crippen molar-refractivity contribution in [1.29, 1.82) is 0 Å². The normalized spacial score (nSPS) is 18.6. The van der Waals surface area contributed by atoms with Crippen LogP contribution in [-0.4, -0.2) is 12.3 Å². The summed E-state index contributed by atoms with van der Waals surface area (Å²) in [4.78, 5) is 10.7. The van der Waals surface area contributed by atoms with Crippen LogP contribution in [0.1, 0.15) is 19.3 Å². The van der Waals surface area contributed by atoms with Crippen molar-refractivity contribution < 1.29 is 4.79 Å². The van der Waals surface area contributed by atoms with Gasteiger partial charge < -0.3 is 5.73 Å². The summed E-state index contributed by atoms with van der Waals surface area (Å²) in [5, 5.41) is 0. The molecule has 1 rings (SSSR count). The summed E-state index contributed by atoms with van der Waals surface area (Å²) in [6.07, 6.45) is 2.81. The quantitative estimate of drug-likeness (QED) is 0.572. The van der Waals surface area contributed by atoms with Crippen LogP contribution in [0.25, 0.3) is 0 Å². The Morgan fingerprint density at radius 3 is 2.62 bits per heavy atom. The van der Waals surface area contributed by atoms with Gasteiger partial charge in [0.2, 0.25) is 0 Å². The third-order valence-corrected chi connectivity index (χ3v) is 1.42. The van der Waals surface area contributed by atoms with Gasteiger partial charge in [-0.2, -0.15) is 0 Å². The number of hydrogen-bond acceptors (Lipinski definition) is 2. The lowest BCUT2D eigenvalue weighted by atomic mass is 10.2. The van der Waals surface area contributed by atoms with Gasteiger partial charge in [-0.15, -0.1) is 0 Å². The molecule has 2 heteroatoms. The smallest absolute Gasteiger partial charge is 0.137 e. The minimum Gasteiger partial charge on any atom is -0.330 e. The molecule has 0 saturated heterocycles. The van der Waals surface area contributed by atoms with Crippen molar-refractivity contribution in [3.05, 3.63) is 0 Å². The number of carbonyl (C=O) groups excluding carboxylic acids is 1. The molecule has 1 aliphatic rings. The Morgan fingerprint density at radius 2 is 2.25 bits per heavy atom. The van der Waals surface area contributed by atoms with Crippen molar-refractivity contribution in [2.45, 2.75) is 19.3 Å². The second-order valence-electron chi connectivity index (χ2n) is 2.28. The predicted molar refractivity (Wildman–Crippen MR) is 31.4 cm³/mol. The van der Waals surface area contributed by atoms with E-state index < -0.39 is 0 Å². The van der Waals surface area contributed by atoms with E-state index in [-0.39, 0.29) is 0 Å². The fraction of sp³-hybridized carbons (Fsp3) is 0.833. The van der Waals surface area contributed by atoms with E-state index in [1.807, 2.05) is 0 Å². The van der Waals surface area contributed by atoms with E-state index in [1.54, 1.807) is 0 Å². The Labute approximate surface area is 49.1 Å². The molecule has 0 aromatic rings. The van der Waals surface area contributed by atoms with E-state index in [9.17, 15) is 4.79 Å². The summed E-state index contributed by atoms with van der Waals surface area (Å²) >= 11 is 0. The first-order valence-corrected chi connectivity index (χ1v) is 3.07. The topological polar surface area (TPSA) is 43.1 Å². The second kappa shape index (κ2) is 2.27. The number of carbonyl (C=O) groups is 1. The third kappa shape index (κ3) is 1.30. The molecule has 0 radical (unpaired) electrons. The van der Waals surface area contributed by atoms with Crippen LogP contribution in [0, 0.1) is 5.92 Å². The van der Waals surface area contributed by atoms with Gasteiger partial charge in [0, 0.05) is 12.3 Å². The zero-order valence-corrected chi connectivity index (χ0v) is 4.89. The number of hydrogen-bond donors (Lipinski definition) is 1. The molecule has 0 unspecified atom stereocenters. The van der Waals surface area contributed by atoms with Gasteiger partial charge in [0.05, 0.1) is 0 Å². The Balaban J connectivity index is 2.13. The number of nitrogens with two attached hydrogens (primary N) is 1. The van der Waals surface area contributed by atoms with Gasteiger partial charge in [0.15, 0.2) is 0 Å². The highest BCUT2D eigenvalue weighted by molar-refractivity contribution is 5.83. The van der Waals surface area contributed by atoms with E-state index in [1.165, 1.54) is 0 Å². The lowest BCUT2D eigenvalue weighted by Crippen LogP contribution is -2.08. The van der Waals surface area contributed by atoms with Gasteiger partial charge in [-0.3, -0.25) is 4.79 Å². The van der Waals surface area contributed by atoms with Gasteiger partial charge in [-0.05, 0) is 19.4 Å². The highest BCUT2D eigenvalue weighted by Gasteiger charge is 2.28. The number of rotatable bonds is 3. The summed E-state index contributed by atoms with van der Waals surface area (Å²) in [6.45, 7) is 0.523. The molecule has 0 heterocycles. The second-order valence-corrected chi connectivity index (χ2v) is 2.28. The van der Waals surface area contributed by atoms with E-state index in [4.69, 9.17) is 5.73 Å². The highest BCUT2D eigenvalue weighted by Crippen LogP contribution is 2.30. The summed E-state index contributed by atoms with van der Waals surface area (Å²) in [5.74, 6) is 0.769. The van der Waals surface area contributed by atoms with Gasteiger partial charge in [-0.25, -0.2) is 0 Å². The summed E-state index contributed by atoms with van der Waals surface area (Å²) in [6, 6.07) is 0. The lowest BCUT2D eigenvalue weighted by Gasteiger charge is -1.89. The van der Waals surface area contributed by atoms with Crippen molar-refractivity contribution in [1.82, 2.24) is 0 Å². The maximum Gasteiger partial charge on any atom is 0.137 e. The average molecular weight is 113 g/mol. The summed E-state index contributed by atoms with van der Waals surface area (Å²) < 4.78 is 0. The summed E-state index contributed by atoms with van der Waals surface area (Å²) in [7, 11) is 0. The van der Waals surface area contributed by atoms with Crippen LogP contribution in [0.5, 0.6) is 0 Å². The average Bonchev–Trinajstić information content (AvgIpc) is 2.45. The molecule has 2 nitrogen and oxygen atoms in total. The number of Topliss-reactive ketones (excluding diaryl/α,β-unsaturated/α-hetero) is 1. The molecule has 8 heavy (non-hydrogen) atoms. The van der Waals surface area contributed by atoms with Crippen molar-refractivity contribution in [2.75, 3.05) is 6.54 Å². The fourth-order valence-electron chi connectivity index (χ4n) is 0.752. The minimum absolute atomic E-state index is 0.368. The van der Waals surface area contributed by atoms with Crippen LogP contribution in [0.15, 0.2) is 0 Å². The summed E-state index contributed by atoms with van der Waals surface area (Å²) in [5.41, 5.74) is 5.17. The SMILES string of the molecule is NCCC(=O)C1CC1. The Hall–Kier alpha value is -0.370. The maximum atomic E-state index is 10.7. The van der Waals surface area contributed by atoms with E-state index in [0.717, 1.165) is 12.8 Å². The zero-order chi connectivity index (χ0) is 5.98. The lowest BCUT2D eigenvalue weighted by molar-refractivity contribution is -0.120. The third-order valence-electron chi connectivity index (χ3n) is 1.42. The van der Waals surface area contributed by atoms with Crippen molar-refractivity contribution in [3.63, 3.8) is 0 Å². The monoisotopic (exact) mass is 113 g/mol. The van der Waals surface area contributed by atoms with Crippen LogP contribution in [-0.2, 0) is 4.79 Å². The van der Waals surface area contributed by atoms with E-state index in [0.29, 0.717) is 24.7 Å². The molecular formula is C6H11NO. The van der Waals surface area contributed by atoms with Gasteiger partial charge in [-0.1, -0.05) is 0 Å². The molecule has 1 aliphatic carbocycles. The molecule has 46 valence electrons. The van der Waals surface area contributed by atoms with Crippen LogP contribution < -0.4 is 5.73 Å². The molecule has 0 aliphatic heterocycles. The molecule has 0 aromatic carbocycles. The van der Waals surface area contributed by atoms with Gasteiger partial charge >= 0.3 is 0 Å². The van der Waals surface area contributed by atoms with E-state index in [2.05, 4.69) is 0 Å². The Morgan fingerprint density at radius 1 is 1.62 bits per heavy atom. The molecule has 2 N–H and O–H groups in total. The molecule has 1 fully saturated rings. The van der Waals surface area contributed by atoms with Crippen LogP contribution >= 0.6 is 0 Å². The molecule has 0 amide bonds. The predicted octanol–water partition coefficient (Wildman–Crippen LogP) is 0.314. The van der Waals surface area contributed by atoms with Crippen molar-refractivity contribution in [3.8, 4) is 0 Å². The minimum atomic E-state index is 0.368. The van der Waals surface area contributed by atoms with Crippen molar-refractivity contribution in [2.24, 2.45) is 11.7 Å². The first-order chi connectivity index (χ1) is 3.84. The molecule has 0 bridgehead atoms. The van der Waals surface area contributed by atoms with Crippen molar-refractivity contribution >= 4 is 5.78 Å². The molecule has 1 saturated carbocycles.